The molecule has 1 fully saturated rings. The third-order valence-electron chi connectivity index (χ3n) is 3.24. The van der Waals surface area contributed by atoms with Gasteiger partial charge in [-0.2, -0.15) is 0 Å². The highest BCUT2D eigenvalue weighted by atomic mass is 32.2. The number of nitrogen functional groups attached to an aromatic ring is 1. The van der Waals surface area contributed by atoms with Crippen LogP contribution in [0.15, 0.2) is 17.0 Å². The van der Waals surface area contributed by atoms with Gasteiger partial charge in [-0.25, -0.2) is 17.5 Å². The lowest BCUT2D eigenvalue weighted by molar-refractivity contribution is 0.117. The van der Waals surface area contributed by atoms with Gasteiger partial charge in [-0.15, -0.1) is 0 Å². The molecule has 3 N–H and O–H groups in total. The smallest absolute Gasteiger partial charge is 0.241 e. The van der Waals surface area contributed by atoms with E-state index < -0.39 is 15.8 Å². The Kier molecular flexibility index (Phi) is 4.17. The maximum Gasteiger partial charge on any atom is 0.241 e. The summed E-state index contributed by atoms with van der Waals surface area (Å²) in [5, 5.41) is 0. The van der Waals surface area contributed by atoms with Crippen LogP contribution in [0.25, 0.3) is 0 Å². The van der Waals surface area contributed by atoms with Crippen molar-refractivity contribution in [3.8, 4) is 5.75 Å². The van der Waals surface area contributed by atoms with Crippen molar-refractivity contribution >= 4 is 15.7 Å². The van der Waals surface area contributed by atoms with E-state index in [0.717, 1.165) is 6.07 Å². The fourth-order valence-corrected chi connectivity index (χ4v) is 3.50. The molecule has 0 amide bonds. The highest BCUT2D eigenvalue weighted by Gasteiger charge is 2.30. The Morgan fingerprint density at radius 3 is 2.70 bits per heavy atom. The van der Waals surface area contributed by atoms with Crippen LogP contribution >= 0.6 is 0 Å². The van der Waals surface area contributed by atoms with Crippen molar-refractivity contribution in [2.24, 2.45) is 0 Å². The number of methoxy groups -OCH3 is 1. The molecular formula is C12H17FN2O4S. The zero-order valence-electron chi connectivity index (χ0n) is 11.2. The lowest BCUT2D eigenvalue weighted by Crippen LogP contribution is -2.39. The number of benzene rings is 1. The molecule has 0 spiro atoms. The number of sulfonamides is 1. The molecule has 0 bridgehead atoms. The summed E-state index contributed by atoms with van der Waals surface area (Å²) in [6.07, 6.45) is 0.361. The molecule has 1 aliphatic rings. The minimum absolute atomic E-state index is 0.0661. The van der Waals surface area contributed by atoms with Crippen LogP contribution in [0.2, 0.25) is 0 Å². The summed E-state index contributed by atoms with van der Waals surface area (Å²) in [6.45, 7) is 2.27. The van der Waals surface area contributed by atoms with Crippen molar-refractivity contribution in [1.82, 2.24) is 4.72 Å². The first-order valence-electron chi connectivity index (χ1n) is 6.12. The first kappa shape index (κ1) is 15.0. The highest BCUT2D eigenvalue weighted by molar-refractivity contribution is 7.89. The second-order valence-corrected chi connectivity index (χ2v) is 6.33. The van der Waals surface area contributed by atoms with Gasteiger partial charge < -0.3 is 15.2 Å². The molecule has 6 nitrogen and oxygen atoms in total. The van der Waals surface area contributed by atoms with Gasteiger partial charge in [-0.1, -0.05) is 0 Å². The Labute approximate surface area is 117 Å². The largest absolute Gasteiger partial charge is 0.492 e. The number of halogens is 1. The van der Waals surface area contributed by atoms with Crippen LogP contribution < -0.4 is 15.2 Å². The van der Waals surface area contributed by atoms with E-state index in [1.165, 1.54) is 13.2 Å². The Morgan fingerprint density at radius 2 is 2.20 bits per heavy atom. The van der Waals surface area contributed by atoms with Gasteiger partial charge >= 0.3 is 0 Å². The maximum absolute atomic E-state index is 13.7. The topological polar surface area (TPSA) is 90.7 Å². The van der Waals surface area contributed by atoms with Gasteiger partial charge in [0.25, 0.3) is 0 Å². The molecule has 0 aliphatic carbocycles. The van der Waals surface area contributed by atoms with Crippen LogP contribution in [-0.4, -0.2) is 34.3 Å². The van der Waals surface area contributed by atoms with Crippen LogP contribution in [0.1, 0.15) is 13.3 Å². The summed E-state index contributed by atoms with van der Waals surface area (Å²) in [6, 6.07) is 1.73. The predicted octanol–water partition coefficient (Wildman–Crippen LogP) is 0.872. The lowest BCUT2D eigenvalue weighted by atomic mass is 10.2. The average molecular weight is 304 g/mol. The van der Waals surface area contributed by atoms with Crippen molar-refractivity contribution < 1.29 is 22.3 Å². The van der Waals surface area contributed by atoms with Crippen molar-refractivity contribution in [2.45, 2.75) is 30.4 Å². The maximum atomic E-state index is 13.7. The molecule has 2 rings (SSSR count). The Hall–Kier alpha value is -1.38. The minimum atomic E-state index is -3.85. The van der Waals surface area contributed by atoms with E-state index in [-0.39, 0.29) is 28.5 Å². The normalized spacial score (nSPS) is 22.9. The number of nitrogens with two attached hydrogens (primary N) is 1. The monoisotopic (exact) mass is 304 g/mol. The Morgan fingerprint density at radius 1 is 1.50 bits per heavy atom. The number of nitrogens with one attached hydrogen (secondary N) is 1. The van der Waals surface area contributed by atoms with E-state index in [4.69, 9.17) is 15.2 Å². The van der Waals surface area contributed by atoms with Crippen molar-refractivity contribution in [2.75, 3.05) is 19.5 Å². The van der Waals surface area contributed by atoms with Crippen molar-refractivity contribution in [3.63, 3.8) is 0 Å². The number of rotatable bonds is 4. The predicted molar refractivity (Wildman–Crippen MR) is 71.5 cm³/mol. The second kappa shape index (κ2) is 5.55. The van der Waals surface area contributed by atoms with Gasteiger partial charge in [-0.05, 0) is 25.5 Å². The molecule has 2 unspecified atom stereocenters. The summed E-state index contributed by atoms with van der Waals surface area (Å²) >= 11 is 0. The molecular weight excluding hydrogens is 287 g/mol. The molecule has 1 aliphatic heterocycles. The molecule has 8 heteroatoms. The van der Waals surface area contributed by atoms with E-state index in [1.807, 2.05) is 0 Å². The van der Waals surface area contributed by atoms with E-state index in [2.05, 4.69) is 4.72 Å². The molecule has 1 aromatic rings. The molecule has 1 saturated heterocycles. The van der Waals surface area contributed by atoms with Crippen LogP contribution in [0.5, 0.6) is 5.75 Å². The van der Waals surface area contributed by atoms with Gasteiger partial charge in [0, 0.05) is 6.61 Å². The first-order chi connectivity index (χ1) is 9.35. The van der Waals surface area contributed by atoms with Gasteiger partial charge in [0.1, 0.15) is 0 Å². The van der Waals surface area contributed by atoms with Gasteiger partial charge in [0.05, 0.1) is 29.8 Å². The summed E-state index contributed by atoms with van der Waals surface area (Å²) in [4.78, 5) is -0.229. The number of ether oxygens (including phenoxy) is 2. The second-order valence-electron chi connectivity index (χ2n) is 4.62. The highest BCUT2D eigenvalue weighted by Crippen LogP contribution is 2.29. The first-order valence-corrected chi connectivity index (χ1v) is 7.60. The minimum Gasteiger partial charge on any atom is -0.492 e. The fraction of sp³-hybridized carbons (Fsp3) is 0.500. The molecule has 2 atom stereocenters. The molecule has 112 valence electrons. The third-order valence-corrected chi connectivity index (χ3v) is 4.71. The quantitative estimate of drug-likeness (QED) is 0.806. The van der Waals surface area contributed by atoms with Crippen LogP contribution in [-0.2, 0) is 14.8 Å². The van der Waals surface area contributed by atoms with Crippen LogP contribution in [0.4, 0.5) is 10.1 Å². The Balaban J connectivity index is 2.30. The summed E-state index contributed by atoms with van der Waals surface area (Å²) in [7, 11) is -2.59. The third kappa shape index (κ3) is 2.87. The van der Waals surface area contributed by atoms with Gasteiger partial charge in [-0.3, -0.25) is 0 Å². The summed E-state index contributed by atoms with van der Waals surface area (Å²) < 4.78 is 50.7. The molecule has 1 heterocycles. The summed E-state index contributed by atoms with van der Waals surface area (Å²) in [5.41, 5.74) is 5.52. The fourth-order valence-electron chi connectivity index (χ4n) is 2.11. The molecule has 0 aromatic heterocycles. The van der Waals surface area contributed by atoms with Crippen molar-refractivity contribution in [3.05, 3.63) is 17.9 Å². The van der Waals surface area contributed by atoms with E-state index in [9.17, 15) is 12.8 Å². The van der Waals surface area contributed by atoms with Crippen molar-refractivity contribution in [1.29, 1.82) is 0 Å². The van der Waals surface area contributed by atoms with E-state index in [0.29, 0.717) is 13.0 Å². The summed E-state index contributed by atoms with van der Waals surface area (Å²) in [5.74, 6) is -0.981. The standard InChI is InChI=1S/C12H17FN2O4S/c1-7-11(3-4-19-7)15-20(16,17)8-5-9(13)12(18-2)10(14)6-8/h5-7,11,15H,3-4,14H2,1-2H3. The van der Waals surface area contributed by atoms with E-state index in [1.54, 1.807) is 6.92 Å². The van der Waals surface area contributed by atoms with Gasteiger partial charge in [0.2, 0.25) is 10.0 Å². The molecule has 0 radical (unpaired) electrons. The van der Waals surface area contributed by atoms with Crippen LogP contribution in [0, 0.1) is 5.82 Å². The molecule has 0 saturated carbocycles. The molecule has 1 aromatic carbocycles. The zero-order chi connectivity index (χ0) is 14.9. The lowest BCUT2D eigenvalue weighted by Gasteiger charge is -2.17. The number of hydrogen-bond donors (Lipinski definition) is 2. The number of anilines is 1. The number of hydrogen-bond acceptors (Lipinski definition) is 5. The zero-order valence-corrected chi connectivity index (χ0v) is 12.0. The van der Waals surface area contributed by atoms with Gasteiger partial charge in [0.15, 0.2) is 11.6 Å². The molecule has 20 heavy (non-hydrogen) atoms. The van der Waals surface area contributed by atoms with Crippen LogP contribution in [0.3, 0.4) is 0 Å². The average Bonchev–Trinajstić information content (AvgIpc) is 2.74. The van der Waals surface area contributed by atoms with E-state index >= 15 is 0 Å². The Bertz CT molecular complexity index is 582. The SMILES string of the molecule is COc1c(N)cc(S(=O)(=O)NC2CCOC2C)cc1F.